The molecule has 0 heterocycles. The first-order valence-electron chi connectivity index (χ1n) is 3.87. The molecule has 0 saturated carbocycles. The molecule has 0 aliphatic heterocycles. The zero-order valence-corrected chi connectivity index (χ0v) is 7.98. The number of carboxylic acid groups (broad SMARTS) is 1. The zero-order chi connectivity index (χ0) is 11.1. The Bertz CT molecular complexity index is 234. The van der Waals surface area contributed by atoms with E-state index in [9.17, 15) is 14.4 Å². The molecule has 0 amide bonds. The van der Waals surface area contributed by atoms with E-state index in [1.54, 1.807) is 0 Å². The van der Waals surface area contributed by atoms with Crippen molar-refractivity contribution in [3.63, 3.8) is 0 Å². The molecule has 6 nitrogen and oxygen atoms in total. The van der Waals surface area contributed by atoms with Crippen LogP contribution >= 0.6 is 0 Å². The van der Waals surface area contributed by atoms with Gasteiger partial charge in [-0.15, -0.1) is 0 Å². The maximum atomic E-state index is 11.0. The van der Waals surface area contributed by atoms with Crippen molar-refractivity contribution >= 4 is 17.9 Å². The molecule has 0 radical (unpaired) electrons. The van der Waals surface area contributed by atoms with Gasteiger partial charge in [-0.25, -0.2) is 0 Å². The van der Waals surface area contributed by atoms with E-state index in [0.717, 1.165) is 14.2 Å². The number of rotatable bonds is 5. The highest BCUT2D eigenvalue weighted by Gasteiger charge is 2.25. The molecule has 80 valence electrons. The number of carbonyl (C=O) groups excluding carboxylic acids is 2. The Kier molecular flexibility index (Phi) is 5.28. The number of ether oxygens (including phenoxy) is 2. The molecule has 14 heavy (non-hydrogen) atoms. The molecule has 1 unspecified atom stereocenters. The van der Waals surface area contributed by atoms with Crippen LogP contribution in [0.1, 0.15) is 12.8 Å². The Morgan fingerprint density at radius 3 is 2.07 bits per heavy atom. The van der Waals surface area contributed by atoms with Crippen molar-refractivity contribution in [3.05, 3.63) is 0 Å². The second-order valence-electron chi connectivity index (χ2n) is 2.60. The molecule has 6 heteroatoms. The van der Waals surface area contributed by atoms with Crippen LogP contribution in [0.25, 0.3) is 0 Å². The van der Waals surface area contributed by atoms with Crippen LogP contribution in [0.15, 0.2) is 0 Å². The number of methoxy groups -OCH3 is 2. The van der Waals surface area contributed by atoms with Crippen molar-refractivity contribution < 1.29 is 29.0 Å². The number of esters is 2. The predicted molar refractivity (Wildman–Crippen MR) is 44.4 cm³/mol. The van der Waals surface area contributed by atoms with Crippen LogP contribution in [-0.4, -0.2) is 37.2 Å². The van der Waals surface area contributed by atoms with E-state index in [2.05, 4.69) is 9.47 Å². The Morgan fingerprint density at radius 2 is 1.71 bits per heavy atom. The van der Waals surface area contributed by atoms with Gasteiger partial charge in [0.05, 0.1) is 33.0 Å². The van der Waals surface area contributed by atoms with Crippen molar-refractivity contribution in [2.24, 2.45) is 5.92 Å². The summed E-state index contributed by atoms with van der Waals surface area (Å²) in [7, 11) is 2.30. The summed E-state index contributed by atoms with van der Waals surface area (Å²) in [4.78, 5) is 32.1. The molecule has 0 bridgehead atoms. The van der Waals surface area contributed by atoms with Gasteiger partial charge in [0, 0.05) is 0 Å². The minimum Gasteiger partial charge on any atom is -0.481 e. The first-order chi connectivity index (χ1) is 6.51. The van der Waals surface area contributed by atoms with Crippen molar-refractivity contribution in [3.8, 4) is 0 Å². The summed E-state index contributed by atoms with van der Waals surface area (Å²) >= 11 is 0. The summed E-state index contributed by atoms with van der Waals surface area (Å²) in [5, 5.41) is 8.45. The third-order valence-electron chi connectivity index (χ3n) is 1.60. The number of aliphatic carboxylic acids is 1. The summed E-state index contributed by atoms with van der Waals surface area (Å²) < 4.78 is 8.67. The van der Waals surface area contributed by atoms with Crippen LogP contribution in [0.3, 0.4) is 0 Å². The SMILES string of the molecule is COC(=O)CC(CC(=O)O)C(=O)OC. The highest BCUT2D eigenvalue weighted by molar-refractivity contribution is 5.83. The molecule has 0 spiro atoms. The number of hydrogen-bond donors (Lipinski definition) is 1. The third-order valence-corrected chi connectivity index (χ3v) is 1.60. The van der Waals surface area contributed by atoms with Crippen LogP contribution < -0.4 is 0 Å². The van der Waals surface area contributed by atoms with E-state index in [-0.39, 0.29) is 6.42 Å². The van der Waals surface area contributed by atoms with Gasteiger partial charge >= 0.3 is 17.9 Å². The highest BCUT2D eigenvalue weighted by Crippen LogP contribution is 2.11. The van der Waals surface area contributed by atoms with E-state index >= 15 is 0 Å². The predicted octanol–water partition coefficient (Wildman–Crippen LogP) is -0.187. The topological polar surface area (TPSA) is 89.9 Å². The molecule has 0 aliphatic carbocycles. The van der Waals surface area contributed by atoms with Crippen LogP contribution in [0.2, 0.25) is 0 Å². The van der Waals surface area contributed by atoms with Gasteiger partial charge in [0.2, 0.25) is 0 Å². The highest BCUT2D eigenvalue weighted by atomic mass is 16.5. The van der Waals surface area contributed by atoms with Gasteiger partial charge in [-0.1, -0.05) is 0 Å². The Hall–Kier alpha value is -1.59. The fourth-order valence-electron chi connectivity index (χ4n) is 0.901. The van der Waals surface area contributed by atoms with Crippen LogP contribution in [0.5, 0.6) is 0 Å². The zero-order valence-electron chi connectivity index (χ0n) is 7.98. The van der Waals surface area contributed by atoms with E-state index in [1.165, 1.54) is 0 Å². The van der Waals surface area contributed by atoms with Gasteiger partial charge in [-0.3, -0.25) is 14.4 Å². The molecule has 1 N–H and O–H groups in total. The Labute approximate surface area is 80.8 Å². The average Bonchev–Trinajstić information content (AvgIpc) is 2.14. The fourth-order valence-corrected chi connectivity index (χ4v) is 0.901. The van der Waals surface area contributed by atoms with E-state index in [1.807, 2.05) is 0 Å². The molecule has 0 rings (SSSR count). The van der Waals surface area contributed by atoms with Gasteiger partial charge in [-0.05, 0) is 0 Å². The summed E-state index contributed by atoms with van der Waals surface area (Å²) in [6.45, 7) is 0. The normalized spacial score (nSPS) is 11.6. The molecule has 0 saturated heterocycles. The minimum atomic E-state index is -1.16. The standard InChI is InChI=1S/C8H12O6/c1-13-7(11)4-5(3-6(9)10)8(12)14-2/h5H,3-4H2,1-2H3,(H,9,10). The Balaban J connectivity index is 4.31. The van der Waals surface area contributed by atoms with Crippen molar-refractivity contribution in [1.29, 1.82) is 0 Å². The van der Waals surface area contributed by atoms with Gasteiger partial charge < -0.3 is 14.6 Å². The summed E-state index contributed by atoms with van der Waals surface area (Å²) in [5.41, 5.74) is 0. The lowest BCUT2D eigenvalue weighted by molar-refractivity contribution is -0.155. The van der Waals surface area contributed by atoms with Crippen molar-refractivity contribution in [2.75, 3.05) is 14.2 Å². The summed E-state index contributed by atoms with van der Waals surface area (Å²) in [5.74, 6) is -3.51. The van der Waals surface area contributed by atoms with Crippen LogP contribution in [0.4, 0.5) is 0 Å². The summed E-state index contributed by atoms with van der Waals surface area (Å²) in [6.07, 6.45) is -0.725. The second kappa shape index (κ2) is 5.95. The number of carboxylic acids is 1. The van der Waals surface area contributed by atoms with Crippen molar-refractivity contribution in [2.45, 2.75) is 12.8 Å². The molecular formula is C8H12O6. The van der Waals surface area contributed by atoms with E-state index in [0.29, 0.717) is 0 Å². The lowest BCUT2D eigenvalue weighted by atomic mass is 10.0. The maximum absolute atomic E-state index is 11.0. The van der Waals surface area contributed by atoms with Gasteiger partial charge in [0.15, 0.2) is 0 Å². The summed E-state index contributed by atoms with van der Waals surface area (Å²) in [6, 6.07) is 0. The van der Waals surface area contributed by atoms with Gasteiger partial charge in [-0.2, -0.15) is 0 Å². The van der Waals surface area contributed by atoms with Gasteiger partial charge in [0.1, 0.15) is 0 Å². The molecule has 0 aromatic heterocycles. The van der Waals surface area contributed by atoms with Crippen LogP contribution in [0, 0.1) is 5.92 Å². The molecule has 0 aromatic carbocycles. The van der Waals surface area contributed by atoms with E-state index < -0.39 is 30.2 Å². The second-order valence-corrected chi connectivity index (χ2v) is 2.60. The number of carbonyl (C=O) groups is 3. The van der Waals surface area contributed by atoms with Gasteiger partial charge in [0.25, 0.3) is 0 Å². The first kappa shape index (κ1) is 12.4. The monoisotopic (exact) mass is 204 g/mol. The average molecular weight is 204 g/mol. The lowest BCUT2D eigenvalue weighted by Gasteiger charge is -2.10. The maximum Gasteiger partial charge on any atom is 0.309 e. The molecule has 0 aliphatic rings. The number of hydrogen-bond acceptors (Lipinski definition) is 5. The minimum absolute atomic E-state index is 0.282. The molecule has 0 fully saturated rings. The smallest absolute Gasteiger partial charge is 0.309 e. The van der Waals surface area contributed by atoms with Crippen LogP contribution in [-0.2, 0) is 23.9 Å². The largest absolute Gasteiger partial charge is 0.481 e. The molecule has 0 aromatic rings. The lowest BCUT2D eigenvalue weighted by Crippen LogP contribution is -2.23. The fraction of sp³-hybridized carbons (Fsp3) is 0.625. The molecule has 1 atom stereocenters. The Morgan fingerprint density at radius 1 is 1.14 bits per heavy atom. The third kappa shape index (κ3) is 4.44. The quantitative estimate of drug-likeness (QED) is 0.624. The first-order valence-corrected chi connectivity index (χ1v) is 3.87. The van der Waals surface area contributed by atoms with E-state index in [4.69, 9.17) is 5.11 Å². The molecular weight excluding hydrogens is 192 g/mol. The van der Waals surface area contributed by atoms with Crippen molar-refractivity contribution in [1.82, 2.24) is 0 Å².